The van der Waals surface area contributed by atoms with Crippen LogP contribution in [0.15, 0.2) is 67.3 Å². The van der Waals surface area contributed by atoms with Crippen molar-refractivity contribution in [2.24, 2.45) is 0 Å². The minimum Gasteiger partial charge on any atom is -0.496 e. The molecule has 0 heterocycles. The zero-order valence-electron chi connectivity index (χ0n) is 17.1. The molecule has 8 heteroatoms. The second-order valence-corrected chi connectivity index (χ2v) is 8.61. The summed E-state index contributed by atoms with van der Waals surface area (Å²) in [7, 11) is -2.84. The SMILES string of the molecule is C=CCc1ccc(-c2ccc([N+](=O)[O-])c(-c3ccc(P(=O)(O)O)cc3)c2C)c(OC)c1. The number of nitrogens with zero attached hydrogens (tertiary/aromatic N) is 1. The first-order valence-corrected chi connectivity index (χ1v) is 11.0. The lowest BCUT2D eigenvalue weighted by molar-refractivity contribution is -0.384. The maximum Gasteiger partial charge on any atom is 0.356 e. The van der Waals surface area contributed by atoms with Gasteiger partial charge in [0.1, 0.15) is 5.75 Å². The molecule has 0 aromatic heterocycles. The number of benzene rings is 3. The summed E-state index contributed by atoms with van der Waals surface area (Å²) in [5, 5.41) is 11.6. The Kier molecular flexibility index (Phi) is 6.41. The van der Waals surface area contributed by atoms with Gasteiger partial charge >= 0.3 is 7.60 Å². The van der Waals surface area contributed by atoms with E-state index in [1.54, 1.807) is 26.2 Å². The van der Waals surface area contributed by atoms with Crippen molar-refractivity contribution in [2.45, 2.75) is 13.3 Å². The Labute approximate surface area is 179 Å². The molecule has 7 nitrogen and oxygen atoms in total. The minimum absolute atomic E-state index is 0.0903. The summed E-state index contributed by atoms with van der Waals surface area (Å²) in [6.45, 7) is 5.53. The van der Waals surface area contributed by atoms with Gasteiger partial charge in [0.2, 0.25) is 0 Å². The standard InChI is InChI=1S/C23H22NO6P/c1-4-5-16-6-11-20(22(14-16)30-3)19-12-13-21(24(25)26)23(15(19)2)17-7-9-18(10-8-17)31(27,28)29/h4,6-14H,1,5H2,2-3H3,(H2,27,28,29). The summed E-state index contributed by atoms with van der Waals surface area (Å²) in [6.07, 6.45) is 2.48. The molecule has 0 fully saturated rings. The Bertz CT molecular complexity index is 1200. The van der Waals surface area contributed by atoms with Crippen LogP contribution in [0.5, 0.6) is 5.75 Å². The summed E-state index contributed by atoms with van der Waals surface area (Å²) < 4.78 is 17.0. The number of allylic oxidation sites excluding steroid dienone is 1. The van der Waals surface area contributed by atoms with Crippen LogP contribution in [-0.2, 0) is 11.0 Å². The Balaban J connectivity index is 2.22. The van der Waals surface area contributed by atoms with Gasteiger partial charge in [0.25, 0.3) is 5.69 Å². The highest BCUT2D eigenvalue weighted by atomic mass is 31.2. The lowest BCUT2D eigenvalue weighted by atomic mass is 9.90. The predicted molar refractivity (Wildman–Crippen MR) is 121 cm³/mol. The second kappa shape index (κ2) is 8.86. The molecule has 31 heavy (non-hydrogen) atoms. The molecule has 3 rings (SSSR count). The van der Waals surface area contributed by atoms with E-state index < -0.39 is 12.5 Å². The lowest BCUT2D eigenvalue weighted by Gasteiger charge is -2.16. The third-order valence-corrected chi connectivity index (χ3v) is 6.04. The van der Waals surface area contributed by atoms with Crippen molar-refractivity contribution in [3.05, 3.63) is 88.5 Å². The number of nitro benzene ring substituents is 1. The molecule has 3 aromatic carbocycles. The molecule has 0 bridgehead atoms. The molecular formula is C23H22NO6P. The molecule has 0 unspecified atom stereocenters. The maximum atomic E-state index is 11.7. The van der Waals surface area contributed by atoms with Crippen LogP contribution >= 0.6 is 7.60 Å². The highest BCUT2D eigenvalue weighted by Gasteiger charge is 2.23. The Hall–Kier alpha value is -3.25. The molecule has 3 aromatic rings. The van der Waals surface area contributed by atoms with E-state index in [-0.39, 0.29) is 11.0 Å². The zero-order chi connectivity index (χ0) is 22.8. The fraction of sp³-hybridized carbons (Fsp3) is 0.130. The number of ether oxygens (including phenoxy) is 1. The fourth-order valence-corrected chi connectivity index (χ4v) is 4.12. The number of nitro groups is 1. The van der Waals surface area contributed by atoms with Gasteiger partial charge in [-0.25, -0.2) is 0 Å². The summed E-state index contributed by atoms with van der Waals surface area (Å²) >= 11 is 0. The molecule has 0 aliphatic heterocycles. The largest absolute Gasteiger partial charge is 0.496 e. The van der Waals surface area contributed by atoms with Gasteiger partial charge in [0.15, 0.2) is 0 Å². The maximum absolute atomic E-state index is 11.7. The lowest BCUT2D eigenvalue weighted by Crippen LogP contribution is -2.03. The number of methoxy groups -OCH3 is 1. The quantitative estimate of drug-likeness (QED) is 0.237. The van der Waals surface area contributed by atoms with Gasteiger partial charge in [-0.15, -0.1) is 6.58 Å². The molecule has 2 N–H and O–H groups in total. The van der Waals surface area contributed by atoms with Crippen LogP contribution in [0.3, 0.4) is 0 Å². The molecule has 0 spiro atoms. The van der Waals surface area contributed by atoms with Gasteiger partial charge < -0.3 is 14.5 Å². The summed E-state index contributed by atoms with van der Waals surface area (Å²) in [5.41, 5.74) is 4.03. The smallest absolute Gasteiger partial charge is 0.356 e. The molecular weight excluding hydrogens is 417 g/mol. The van der Waals surface area contributed by atoms with E-state index in [2.05, 4.69) is 6.58 Å². The average molecular weight is 439 g/mol. The van der Waals surface area contributed by atoms with Gasteiger partial charge in [0, 0.05) is 11.6 Å². The van der Waals surface area contributed by atoms with E-state index in [1.807, 2.05) is 18.2 Å². The van der Waals surface area contributed by atoms with Crippen LogP contribution in [0.4, 0.5) is 5.69 Å². The van der Waals surface area contributed by atoms with Crippen molar-refractivity contribution in [3.8, 4) is 28.0 Å². The van der Waals surface area contributed by atoms with Crippen LogP contribution in [0.25, 0.3) is 22.3 Å². The number of hydrogen-bond acceptors (Lipinski definition) is 4. The second-order valence-electron chi connectivity index (χ2n) is 7.01. The zero-order valence-corrected chi connectivity index (χ0v) is 18.0. The molecule has 0 aliphatic carbocycles. The van der Waals surface area contributed by atoms with Crippen molar-refractivity contribution >= 4 is 18.6 Å². The van der Waals surface area contributed by atoms with E-state index >= 15 is 0 Å². The van der Waals surface area contributed by atoms with Gasteiger partial charge in [-0.3, -0.25) is 14.7 Å². The van der Waals surface area contributed by atoms with Crippen molar-refractivity contribution in [1.29, 1.82) is 0 Å². The summed E-state index contributed by atoms with van der Waals surface area (Å²) in [6, 6.07) is 14.4. The van der Waals surface area contributed by atoms with E-state index in [4.69, 9.17) is 4.74 Å². The number of hydrogen-bond donors (Lipinski definition) is 2. The topological polar surface area (TPSA) is 110 Å². The van der Waals surface area contributed by atoms with E-state index in [0.717, 1.165) is 16.7 Å². The first kappa shape index (κ1) is 22.4. The monoisotopic (exact) mass is 439 g/mol. The molecule has 0 radical (unpaired) electrons. The van der Waals surface area contributed by atoms with Crippen molar-refractivity contribution in [3.63, 3.8) is 0 Å². The van der Waals surface area contributed by atoms with Crippen LogP contribution < -0.4 is 10.0 Å². The molecule has 160 valence electrons. The first-order valence-electron chi connectivity index (χ1n) is 9.40. The minimum atomic E-state index is -4.41. The summed E-state index contributed by atoms with van der Waals surface area (Å²) in [5.74, 6) is 0.638. The third-order valence-electron chi connectivity index (χ3n) is 5.07. The predicted octanol–water partition coefficient (Wildman–Crippen LogP) is 4.78. The highest BCUT2D eigenvalue weighted by Crippen LogP contribution is 2.42. The van der Waals surface area contributed by atoms with Crippen LogP contribution in [0.2, 0.25) is 0 Å². The third kappa shape index (κ3) is 4.59. The molecule has 0 aliphatic rings. The average Bonchev–Trinajstić information content (AvgIpc) is 2.73. The van der Waals surface area contributed by atoms with Crippen molar-refractivity contribution in [1.82, 2.24) is 0 Å². The highest BCUT2D eigenvalue weighted by molar-refractivity contribution is 7.60. The molecule has 0 atom stereocenters. The number of rotatable bonds is 7. The van der Waals surface area contributed by atoms with Crippen molar-refractivity contribution in [2.75, 3.05) is 7.11 Å². The van der Waals surface area contributed by atoms with Gasteiger partial charge in [0.05, 0.1) is 22.9 Å². The molecule has 0 saturated carbocycles. The Morgan fingerprint density at radius 1 is 1.10 bits per heavy atom. The summed E-state index contributed by atoms with van der Waals surface area (Å²) in [4.78, 5) is 29.9. The first-order chi connectivity index (χ1) is 14.7. The fourth-order valence-electron chi connectivity index (χ4n) is 3.58. The molecule has 0 amide bonds. The van der Waals surface area contributed by atoms with Crippen molar-refractivity contribution < 1.29 is 24.0 Å². The Morgan fingerprint density at radius 3 is 2.29 bits per heavy atom. The van der Waals surface area contributed by atoms with Gasteiger partial charge in [-0.05, 0) is 59.9 Å². The van der Waals surface area contributed by atoms with Gasteiger partial charge in [-0.1, -0.05) is 30.3 Å². The Morgan fingerprint density at radius 2 is 1.74 bits per heavy atom. The van der Waals surface area contributed by atoms with E-state index in [0.29, 0.717) is 28.9 Å². The van der Waals surface area contributed by atoms with Crippen LogP contribution in [-0.4, -0.2) is 21.8 Å². The normalized spacial score (nSPS) is 11.2. The molecule has 0 saturated heterocycles. The van der Waals surface area contributed by atoms with Crippen LogP contribution in [0, 0.1) is 17.0 Å². The van der Waals surface area contributed by atoms with Crippen LogP contribution in [0.1, 0.15) is 11.1 Å². The van der Waals surface area contributed by atoms with Gasteiger partial charge in [-0.2, -0.15) is 0 Å². The van der Waals surface area contributed by atoms with E-state index in [9.17, 15) is 24.5 Å². The van der Waals surface area contributed by atoms with E-state index in [1.165, 1.54) is 30.3 Å².